The molecule has 0 saturated heterocycles. The third-order valence-corrected chi connectivity index (χ3v) is 5.45. The number of aliphatic carboxylic acids is 1. The molecule has 1 aliphatic carbocycles. The molecule has 0 aliphatic heterocycles. The van der Waals surface area contributed by atoms with Gasteiger partial charge < -0.3 is 15.2 Å². The average molecular weight is 389 g/mol. The highest BCUT2D eigenvalue weighted by molar-refractivity contribution is 5.89. The van der Waals surface area contributed by atoms with Crippen LogP contribution in [0.2, 0.25) is 0 Å². The highest BCUT2D eigenvalue weighted by atomic mass is 16.5. The van der Waals surface area contributed by atoms with Crippen LogP contribution < -0.4 is 10.1 Å². The van der Waals surface area contributed by atoms with Crippen LogP contribution in [0.4, 0.5) is 0 Å². The molecule has 0 radical (unpaired) electrons. The van der Waals surface area contributed by atoms with Crippen molar-refractivity contribution in [3.8, 4) is 5.75 Å². The molecule has 0 bridgehead atoms. The van der Waals surface area contributed by atoms with Crippen molar-refractivity contribution in [2.75, 3.05) is 6.61 Å². The van der Waals surface area contributed by atoms with Crippen molar-refractivity contribution in [2.24, 2.45) is 5.92 Å². The van der Waals surface area contributed by atoms with E-state index in [1.165, 1.54) is 16.3 Å². The van der Waals surface area contributed by atoms with Gasteiger partial charge in [-0.25, -0.2) is 4.79 Å². The summed E-state index contributed by atoms with van der Waals surface area (Å²) in [6.45, 7) is 1.57. The number of carbonyl (C=O) groups excluding carboxylic acids is 1. The van der Waals surface area contributed by atoms with Crippen LogP contribution in [-0.4, -0.2) is 23.6 Å². The number of benzene rings is 3. The Bertz CT molecular complexity index is 1040. The lowest BCUT2D eigenvalue weighted by atomic mass is 10.00. The summed E-state index contributed by atoms with van der Waals surface area (Å²) in [5.74, 6) is -0.184. The molecule has 5 heteroatoms. The molecule has 1 aliphatic rings. The van der Waals surface area contributed by atoms with Crippen LogP contribution >= 0.6 is 0 Å². The number of amides is 1. The van der Waals surface area contributed by atoms with Crippen LogP contribution in [-0.2, 0) is 9.59 Å². The molecule has 148 valence electrons. The maximum atomic E-state index is 12.8. The van der Waals surface area contributed by atoms with Crippen LogP contribution in [0, 0.1) is 5.92 Å². The Morgan fingerprint density at radius 3 is 2.55 bits per heavy atom. The fourth-order valence-electron chi connectivity index (χ4n) is 3.80. The summed E-state index contributed by atoms with van der Waals surface area (Å²) in [7, 11) is 0. The minimum Gasteiger partial charge on any atom is -0.482 e. The van der Waals surface area contributed by atoms with E-state index in [0.29, 0.717) is 5.75 Å². The number of rotatable bonds is 7. The predicted molar refractivity (Wildman–Crippen MR) is 111 cm³/mol. The highest BCUT2D eigenvalue weighted by Gasteiger charge is 2.44. The van der Waals surface area contributed by atoms with Gasteiger partial charge in [-0.05, 0) is 53.3 Å². The van der Waals surface area contributed by atoms with Gasteiger partial charge in [-0.1, -0.05) is 54.6 Å². The first-order chi connectivity index (χ1) is 14.0. The second-order valence-electron chi connectivity index (χ2n) is 7.50. The van der Waals surface area contributed by atoms with E-state index in [1.54, 1.807) is 12.1 Å². The monoisotopic (exact) mass is 389 g/mol. The molecule has 4 rings (SSSR count). The summed E-state index contributed by atoms with van der Waals surface area (Å²) in [5.41, 5.74) is 2.19. The summed E-state index contributed by atoms with van der Waals surface area (Å²) < 4.78 is 5.14. The number of fused-ring (bicyclic) bond motifs is 1. The number of ether oxygens (including phenoxy) is 1. The van der Waals surface area contributed by atoms with Gasteiger partial charge in [-0.15, -0.1) is 0 Å². The predicted octanol–water partition coefficient (Wildman–Crippen LogP) is 4.28. The molecule has 1 saturated carbocycles. The van der Waals surface area contributed by atoms with Crippen molar-refractivity contribution in [1.29, 1.82) is 0 Å². The molecule has 0 aromatic heterocycles. The Hall–Kier alpha value is -3.34. The SMILES string of the molecule is CC(NC(=O)C1CC1c1cccc2ccccc12)c1ccc(OCC(=O)O)cc1. The largest absolute Gasteiger partial charge is 0.482 e. The minimum absolute atomic E-state index is 0.00132. The first kappa shape index (κ1) is 19.0. The minimum atomic E-state index is -1.01. The van der Waals surface area contributed by atoms with Crippen LogP contribution in [0.3, 0.4) is 0 Å². The van der Waals surface area contributed by atoms with Crippen LogP contribution in [0.25, 0.3) is 10.8 Å². The fraction of sp³-hybridized carbons (Fsp3) is 0.250. The summed E-state index contributed by atoms with van der Waals surface area (Å²) in [5, 5.41) is 14.2. The number of nitrogens with one attached hydrogen (secondary N) is 1. The van der Waals surface area contributed by atoms with E-state index in [-0.39, 0.29) is 30.4 Å². The molecule has 3 atom stereocenters. The Morgan fingerprint density at radius 2 is 1.79 bits per heavy atom. The van der Waals surface area contributed by atoms with Crippen molar-refractivity contribution >= 4 is 22.6 Å². The standard InChI is InChI=1S/C24H23NO4/c1-15(16-9-11-18(12-10-16)29-14-23(26)27)25-24(28)22-13-21(22)20-8-4-6-17-5-2-3-7-19(17)20/h2-12,15,21-22H,13-14H2,1H3,(H,25,28)(H,26,27). The Morgan fingerprint density at radius 1 is 1.07 bits per heavy atom. The molecular weight excluding hydrogens is 366 g/mol. The van der Waals surface area contributed by atoms with Gasteiger partial charge in [0.05, 0.1) is 6.04 Å². The van der Waals surface area contributed by atoms with Gasteiger partial charge in [0.25, 0.3) is 0 Å². The fourth-order valence-corrected chi connectivity index (χ4v) is 3.80. The zero-order valence-corrected chi connectivity index (χ0v) is 16.2. The van der Waals surface area contributed by atoms with Crippen molar-refractivity contribution in [3.63, 3.8) is 0 Å². The summed E-state index contributed by atoms with van der Waals surface area (Å²) in [6, 6.07) is 21.6. The van der Waals surface area contributed by atoms with Crippen molar-refractivity contribution in [1.82, 2.24) is 5.32 Å². The van der Waals surface area contributed by atoms with Crippen molar-refractivity contribution < 1.29 is 19.4 Å². The number of carboxylic acid groups (broad SMARTS) is 1. The normalized spacial score (nSPS) is 18.8. The molecule has 29 heavy (non-hydrogen) atoms. The highest BCUT2D eigenvalue weighted by Crippen LogP contribution is 2.49. The zero-order valence-electron chi connectivity index (χ0n) is 16.2. The van der Waals surface area contributed by atoms with Crippen LogP contribution in [0.15, 0.2) is 66.7 Å². The maximum absolute atomic E-state index is 12.8. The van der Waals surface area contributed by atoms with Gasteiger partial charge >= 0.3 is 5.97 Å². The van der Waals surface area contributed by atoms with E-state index in [0.717, 1.165) is 12.0 Å². The van der Waals surface area contributed by atoms with Crippen molar-refractivity contribution in [3.05, 3.63) is 77.9 Å². The Labute approximate surface area is 169 Å². The number of carbonyl (C=O) groups is 2. The summed E-state index contributed by atoms with van der Waals surface area (Å²) >= 11 is 0. The van der Waals surface area contributed by atoms with E-state index in [1.807, 2.05) is 31.2 Å². The molecule has 2 N–H and O–H groups in total. The molecule has 1 fully saturated rings. The molecule has 3 aromatic rings. The first-order valence-electron chi connectivity index (χ1n) is 9.75. The van der Waals surface area contributed by atoms with Gasteiger partial charge in [-0.3, -0.25) is 4.79 Å². The van der Waals surface area contributed by atoms with Gasteiger partial charge in [0, 0.05) is 5.92 Å². The summed E-state index contributed by atoms with van der Waals surface area (Å²) in [4.78, 5) is 23.3. The van der Waals surface area contributed by atoms with Crippen LogP contribution in [0.1, 0.15) is 36.4 Å². The average Bonchev–Trinajstić information content (AvgIpc) is 3.53. The smallest absolute Gasteiger partial charge is 0.341 e. The number of hydrogen-bond donors (Lipinski definition) is 2. The topological polar surface area (TPSA) is 75.6 Å². The van der Waals surface area contributed by atoms with E-state index in [4.69, 9.17) is 9.84 Å². The van der Waals surface area contributed by atoms with E-state index in [9.17, 15) is 9.59 Å². The second-order valence-corrected chi connectivity index (χ2v) is 7.50. The summed E-state index contributed by atoms with van der Waals surface area (Å²) in [6.07, 6.45) is 0.870. The van der Waals surface area contributed by atoms with Gasteiger partial charge in [0.2, 0.25) is 5.91 Å². The van der Waals surface area contributed by atoms with Gasteiger partial charge in [-0.2, -0.15) is 0 Å². The molecule has 3 aromatic carbocycles. The molecule has 5 nitrogen and oxygen atoms in total. The van der Waals surface area contributed by atoms with Crippen LogP contribution in [0.5, 0.6) is 5.75 Å². The Kier molecular flexibility index (Phi) is 5.21. The first-order valence-corrected chi connectivity index (χ1v) is 9.75. The molecular formula is C24H23NO4. The van der Waals surface area contributed by atoms with E-state index >= 15 is 0 Å². The number of carboxylic acids is 1. The molecule has 1 amide bonds. The molecule has 0 spiro atoms. The van der Waals surface area contributed by atoms with Gasteiger partial charge in [0.15, 0.2) is 6.61 Å². The molecule has 0 heterocycles. The third-order valence-electron chi connectivity index (χ3n) is 5.45. The van der Waals surface area contributed by atoms with E-state index in [2.05, 4.69) is 35.6 Å². The second kappa shape index (κ2) is 7.95. The van der Waals surface area contributed by atoms with Crippen molar-refractivity contribution in [2.45, 2.75) is 25.3 Å². The Balaban J connectivity index is 1.38. The lowest BCUT2D eigenvalue weighted by molar-refractivity contribution is -0.139. The van der Waals surface area contributed by atoms with E-state index < -0.39 is 5.97 Å². The maximum Gasteiger partial charge on any atom is 0.341 e. The lowest BCUT2D eigenvalue weighted by Crippen LogP contribution is -2.28. The van der Waals surface area contributed by atoms with Gasteiger partial charge in [0.1, 0.15) is 5.75 Å². The zero-order chi connectivity index (χ0) is 20.4. The lowest BCUT2D eigenvalue weighted by Gasteiger charge is -2.15. The number of hydrogen-bond acceptors (Lipinski definition) is 3. The third kappa shape index (κ3) is 4.24. The molecule has 3 unspecified atom stereocenters. The quantitative estimate of drug-likeness (QED) is 0.632.